The highest BCUT2D eigenvalue weighted by Crippen LogP contribution is 2.31. The molecule has 80 valence electrons. The van der Waals surface area contributed by atoms with Crippen LogP contribution in [0.2, 0.25) is 0 Å². The molecule has 0 amide bonds. The average molecular weight is 186 g/mol. The van der Waals surface area contributed by atoms with E-state index in [0.29, 0.717) is 12.5 Å². The Balaban J connectivity index is 4.26. The molecule has 0 aliphatic heterocycles. The van der Waals surface area contributed by atoms with Crippen LogP contribution in [0.4, 0.5) is 0 Å². The van der Waals surface area contributed by atoms with Gasteiger partial charge in [-0.05, 0) is 17.8 Å². The molecule has 0 spiro atoms. The van der Waals surface area contributed by atoms with E-state index < -0.39 is 0 Å². The summed E-state index contributed by atoms with van der Waals surface area (Å²) < 4.78 is 0. The fourth-order valence-corrected chi connectivity index (χ4v) is 2.51. The molecule has 0 aromatic heterocycles. The summed E-state index contributed by atoms with van der Waals surface area (Å²) in [4.78, 5) is 0. The van der Waals surface area contributed by atoms with Gasteiger partial charge in [-0.1, -0.05) is 53.4 Å². The summed E-state index contributed by atoms with van der Waals surface area (Å²) in [5.74, 6) is 2.06. The maximum Gasteiger partial charge on any atom is 0.0461 e. The van der Waals surface area contributed by atoms with Crippen LogP contribution in [0.3, 0.4) is 0 Å². The zero-order valence-corrected chi connectivity index (χ0v) is 9.71. The highest BCUT2D eigenvalue weighted by atomic mass is 16.3. The van der Waals surface area contributed by atoms with Crippen LogP contribution in [-0.2, 0) is 0 Å². The third kappa shape index (κ3) is 3.68. The number of aliphatic hydroxyl groups is 1. The summed E-state index contributed by atoms with van der Waals surface area (Å²) >= 11 is 0. The van der Waals surface area contributed by atoms with Gasteiger partial charge in [-0.15, -0.1) is 0 Å². The first kappa shape index (κ1) is 13.0. The first-order chi connectivity index (χ1) is 6.24. The van der Waals surface area contributed by atoms with E-state index >= 15 is 0 Å². The molecule has 0 heterocycles. The summed E-state index contributed by atoms with van der Waals surface area (Å²) in [6, 6.07) is 0. The molecular formula is C12H26O. The lowest BCUT2D eigenvalue weighted by molar-refractivity contribution is 0.123. The van der Waals surface area contributed by atoms with Gasteiger partial charge in [0.1, 0.15) is 0 Å². The molecule has 1 nitrogen and oxygen atoms in total. The Morgan fingerprint density at radius 2 is 1.23 bits per heavy atom. The van der Waals surface area contributed by atoms with Gasteiger partial charge in [0.15, 0.2) is 0 Å². The van der Waals surface area contributed by atoms with Crippen LogP contribution < -0.4 is 0 Å². The standard InChI is InChI=1S/C12H26O/c1-5-10(6-2)12(8-4)11(7-3)9-13/h10-13H,5-9H2,1-4H3. The van der Waals surface area contributed by atoms with E-state index in [1.54, 1.807) is 0 Å². The summed E-state index contributed by atoms with van der Waals surface area (Å²) in [5, 5.41) is 9.27. The zero-order chi connectivity index (χ0) is 10.3. The normalized spacial score (nSPS) is 16.2. The average Bonchev–Trinajstić information content (AvgIpc) is 2.18. The van der Waals surface area contributed by atoms with Gasteiger partial charge in [0.2, 0.25) is 0 Å². The third-order valence-electron chi connectivity index (χ3n) is 3.49. The molecule has 0 aliphatic carbocycles. The van der Waals surface area contributed by atoms with Crippen LogP contribution in [0.5, 0.6) is 0 Å². The maximum atomic E-state index is 9.27. The molecule has 1 heteroatoms. The van der Waals surface area contributed by atoms with Gasteiger partial charge < -0.3 is 5.11 Å². The van der Waals surface area contributed by atoms with Crippen LogP contribution in [0.1, 0.15) is 53.4 Å². The fraction of sp³-hybridized carbons (Fsp3) is 1.00. The molecule has 2 unspecified atom stereocenters. The topological polar surface area (TPSA) is 20.2 Å². The van der Waals surface area contributed by atoms with Crippen LogP contribution in [0.15, 0.2) is 0 Å². The summed E-state index contributed by atoms with van der Waals surface area (Å²) in [7, 11) is 0. The van der Waals surface area contributed by atoms with Crippen LogP contribution in [0, 0.1) is 17.8 Å². The minimum absolute atomic E-state index is 0.367. The van der Waals surface area contributed by atoms with Crippen LogP contribution in [0.25, 0.3) is 0 Å². The first-order valence-corrected chi connectivity index (χ1v) is 5.85. The Bertz CT molecular complexity index is 91.7. The zero-order valence-electron chi connectivity index (χ0n) is 9.71. The van der Waals surface area contributed by atoms with Crippen molar-refractivity contribution in [2.24, 2.45) is 17.8 Å². The second-order valence-electron chi connectivity index (χ2n) is 4.00. The second kappa shape index (κ2) is 7.37. The molecular weight excluding hydrogens is 160 g/mol. The molecule has 2 atom stereocenters. The molecule has 0 aromatic carbocycles. The van der Waals surface area contributed by atoms with Crippen molar-refractivity contribution >= 4 is 0 Å². The van der Waals surface area contributed by atoms with E-state index in [-0.39, 0.29) is 0 Å². The van der Waals surface area contributed by atoms with Crippen molar-refractivity contribution in [1.29, 1.82) is 0 Å². The Hall–Kier alpha value is -0.0400. The number of rotatable bonds is 7. The molecule has 13 heavy (non-hydrogen) atoms. The van der Waals surface area contributed by atoms with Crippen molar-refractivity contribution < 1.29 is 5.11 Å². The SMILES string of the molecule is CCC(CC)C(CC)C(CC)CO. The quantitative estimate of drug-likeness (QED) is 0.645. The molecule has 0 saturated carbocycles. The number of hydrogen-bond donors (Lipinski definition) is 1. The molecule has 1 N–H and O–H groups in total. The lowest BCUT2D eigenvalue weighted by Crippen LogP contribution is -2.24. The first-order valence-electron chi connectivity index (χ1n) is 5.85. The lowest BCUT2D eigenvalue weighted by Gasteiger charge is -2.30. The molecule has 0 rings (SSSR count). The Morgan fingerprint density at radius 1 is 0.769 bits per heavy atom. The molecule has 0 aliphatic rings. The Morgan fingerprint density at radius 3 is 1.46 bits per heavy atom. The minimum Gasteiger partial charge on any atom is -0.396 e. The third-order valence-corrected chi connectivity index (χ3v) is 3.49. The highest BCUT2D eigenvalue weighted by Gasteiger charge is 2.23. The Labute approximate surface area is 83.5 Å². The van der Waals surface area contributed by atoms with Gasteiger partial charge in [0.05, 0.1) is 0 Å². The van der Waals surface area contributed by atoms with Crippen LogP contribution >= 0.6 is 0 Å². The summed E-state index contributed by atoms with van der Waals surface area (Å²) in [6.45, 7) is 9.33. The van der Waals surface area contributed by atoms with E-state index in [2.05, 4.69) is 27.7 Å². The van der Waals surface area contributed by atoms with Crippen molar-refractivity contribution in [1.82, 2.24) is 0 Å². The van der Waals surface area contributed by atoms with Gasteiger partial charge in [-0.25, -0.2) is 0 Å². The van der Waals surface area contributed by atoms with Gasteiger partial charge in [0, 0.05) is 6.61 Å². The Kier molecular flexibility index (Phi) is 7.35. The highest BCUT2D eigenvalue weighted by molar-refractivity contribution is 4.73. The predicted octanol–water partition coefficient (Wildman–Crippen LogP) is 3.47. The van der Waals surface area contributed by atoms with E-state index in [1.165, 1.54) is 19.3 Å². The van der Waals surface area contributed by atoms with Crippen molar-refractivity contribution in [3.8, 4) is 0 Å². The number of aliphatic hydroxyl groups excluding tert-OH is 1. The summed E-state index contributed by atoms with van der Waals surface area (Å²) in [6.07, 6.45) is 4.84. The van der Waals surface area contributed by atoms with Gasteiger partial charge >= 0.3 is 0 Å². The van der Waals surface area contributed by atoms with E-state index in [4.69, 9.17) is 0 Å². The molecule has 0 radical (unpaired) electrons. The predicted molar refractivity (Wildman–Crippen MR) is 58.7 cm³/mol. The second-order valence-corrected chi connectivity index (χ2v) is 4.00. The maximum absolute atomic E-state index is 9.27. The molecule has 0 aromatic rings. The molecule has 0 saturated heterocycles. The smallest absolute Gasteiger partial charge is 0.0461 e. The monoisotopic (exact) mass is 186 g/mol. The molecule has 0 bridgehead atoms. The van der Waals surface area contributed by atoms with Gasteiger partial charge in [-0.2, -0.15) is 0 Å². The van der Waals surface area contributed by atoms with Crippen molar-refractivity contribution in [2.75, 3.05) is 6.61 Å². The number of hydrogen-bond acceptors (Lipinski definition) is 1. The van der Waals surface area contributed by atoms with E-state index in [9.17, 15) is 5.11 Å². The van der Waals surface area contributed by atoms with Crippen LogP contribution in [-0.4, -0.2) is 11.7 Å². The van der Waals surface area contributed by atoms with Crippen molar-refractivity contribution in [3.63, 3.8) is 0 Å². The minimum atomic E-state index is 0.367. The van der Waals surface area contributed by atoms with Crippen molar-refractivity contribution in [2.45, 2.75) is 53.4 Å². The van der Waals surface area contributed by atoms with Crippen molar-refractivity contribution in [3.05, 3.63) is 0 Å². The fourth-order valence-electron chi connectivity index (χ4n) is 2.51. The van der Waals surface area contributed by atoms with E-state index in [1.807, 2.05) is 0 Å². The summed E-state index contributed by atoms with van der Waals surface area (Å²) in [5.41, 5.74) is 0. The largest absolute Gasteiger partial charge is 0.396 e. The van der Waals surface area contributed by atoms with Gasteiger partial charge in [-0.3, -0.25) is 0 Å². The van der Waals surface area contributed by atoms with E-state index in [0.717, 1.165) is 18.3 Å². The van der Waals surface area contributed by atoms with Gasteiger partial charge in [0.25, 0.3) is 0 Å². The lowest BCUT2D eigenvalue weighted by atomic mass is 9.76. The molecule has 0 fully saturated rings.